The van der Waals surface area contributed by atoms with Crippen molar-refractivity contribution in [2.45, 2.75) is 19.6 Å². The van der Waals surface area contributed by atoms with E-state index in [9.17, 15) is 23.2 Å². The number of amides is 1. The molecule has 0 bridgehead atoms. The van der Waals surface area contributed by atoms with Crippen molar-refractivity contribution in [1.82, 2.24) is 19.5 Å². The Morgan fingerprint density at radius 3 is 2.65 bits per heavy atom. The lowest BCUT2D eigenvalue weighted by Crippen LogP contribution is -2.53. The number of alkyl halides is 3. The summed E-state index contributed by atoms with van der Waals surface area (Å²) in [6.07, 6.45) is -1.37. The molecular formula is C29H27F3N6O2. The second-order valence-corrected chi connectivity index (χ2v) is 10.1. The van der Waals surface area contributed by atoms with E-state index in [-0.39, 0.29) is 23.4 Å². The summed E-state index contributed by atoms with van der Waals surface area (Å²) in [6.45, 7) is 3.42. The highest BCUT2D eigenvalue weighted by atomic mass is 19.4. The Labute approximate surface area is 229 Å². The van der Waals surface area contributed by atoms with Crippen LogP contribution in [0.15, 0.2) is 60.9 Å². The molecule has 1 aliphatic heterocycles. The molecule has 1 aliphatic rings. The summed E-state index contributed by atoms with van der Waals surface area (Å²) in [6, 6.07) is 12.3. The topological polar surface area (TPSA) is 85.6 Å². The fourth-order valence-corrected chi connectivity index (χ4v) is 4.53. The van der Waals surface area contributed by atoms with Crippen molar-refractivity contribution in [3.63, 3.8) is 0 Å². The molecule has 1 saturated heterocycles. The normalized spacial score (nSPS) is 15.4. The van der Waals surface area contributed by atoms with Crippen LogP contribution in [-0.2, 0) is 12.7 Å². The molecule has 2 aromatic heterocycles. The van der Waals surface area contributed by atoms with Gasteiger partial charge in [0, 0.05) is 42.6 Å². The predicted octanol–water partition coefficient (Wildman–Crippen LogP) is 4.47. The number of piperazine rings is 1. The lowest BCUT2D eigenvalue weighted by Gasteiger charge is -2.45. The van der Waals surface area contributed by atoms with E-state index in [0.29, 0.717) is 43.1 Å². The largest absolute Gasteiger partial charge is 0.633 e. The molecule has 4 aromatic rings. The minimum atomic E-state index is -4.60. The predicted molar refractivity (Wildman–Crippen MR) is 144 cm³/mol. The average molecular weight is 549 g/mol. The Hall–Kier alpha value is -4.24. The van der Waals surface area contributed by atoms with E-state index in [4.69, 9.17) is 0 Å². The highest BCUT2D eigenvalue weighted by Crippen LogP contribution is 2.35. The smallest absolute Gasteiger partial charge is 0.416 e. The molecule has 1 fully saturated rings. The summed E-state index contributed by atoms with van der Waals surface area (Å²) in [4.78, 5) is 19.1. The number of aromatic nitrogens is 3. The first-order valence-corrected chi connectivity index (χ1v) is 12.7. The molecule has 1 N–H and O–H groups in total. The van der Waals surface area contributed by atoms with Gasteiger partial charge in [-0.1, -0.05) is 18.1 Å². The second-order valence-electron chi connectivity index (χ2n) is 10.1. The van der Waals surface area contributed by atoms with E-state index >= 15 is 0 Å². The van der Waals surface area contributed by atoms with Crippen molar-refractivity contribution in [2.75, 3.05) is 38.5 Å². The van der Waals surface area contributed by atoms with E-state index in [1.807, 2.05) is 11.8 Å². The molecule has 0 saturated carbocycles. The zero-order chi connectivity index (χ0) is 28.5. The molecular weight excluding hydrogens is 521 g/mol. The monoisotopic (exact) mass is 548 g/mol. The number of nitrogens with one attached hydrogen (secondary N) is 1. The number of nitrogens with zero attached hydrogens (tertiary/aromatic N) is 5. The summed E-state index contributed by atoms with van der Waals surface area (Å²) >= 11 is 0. The highest BCUT2D eigenvalue weighted by Gasteiger charge is 2.34. The third-order valence-electron chi connectivity index (χ3n) is 6.95. The summed E-state index contributed by atoms with van der Waals surface area (Å²) in [5.74, 6) is 5.51. The molecule has 1 amide bonds. The first kappa shape index (κ1) is 27.3. The van der Waals surface area contributed by atoms with E-state index in [1.165, 1.54) is 12.1 Å². The van der Waals surface area contributed by atoms with E-state index < -0.39 is 22.3 Å². The Morgan fingerprint density at radius 2 is 1.90 bits per heavy atom. The summed E-state index contributed by atoms with van der Waals surface area (Å²) in [7, 11) is 1.57. The van der Waals surface area contributed by atoms with Crippen LogP contribution >= 0.6 is 0 Å². The number of carbonyl (C=O) groups excluding carboxylic acids is 1. The van der Waals surface area contributed by atoms with Gasteiger partial charge in [0.15, 0.2) is 5.65 Å². The Morgan fingerprint density at radius 1 is 1.12 bits per heavy atom. The maximum atomic E-state index is 14.0. The molecule has 0 atom stereocenters. The molecule has 3 heterocycles. The number of aryl methyl sites for hydroxylation is 1. The molecule has 2 aromatic carbocycles. The number of hydrogen-bond acceptors (Lipinski definition) is 5. The van der Waals surface area contributed by atoms with Crippen molar-refractivity contribution >= 4 is 17.2 Å². The fraction of sp³-hybridized carbons (Fsp3) is 0.276. The minimum absolute atomic E-state index is 0.0357. The van der Waals surface area contributed by atoms with Crippen LogP contribution in [0.25, 0.3) is 5.65 Å². The lowest BCUT2D eigenvalue weighted by atomic mass is 10.0. The van der Waals surface area contributed by atoms with Crippen molar-refractivity contribution in [3.8, 4) is 11.8 Å². The standard InChI is InChI=1S/C29H27F3N6O2/c1-20-5-6-22(16-21(20)8-10-25-18-33-27-4-3-11-34-37(25)27)28(39)35-24-9-7-23(26(17-24)29(30,31)32)19-36-12-14-38(2,40)15-13-36/h3-7,9,11,16-18H,12-15,19H2,1-2H3,(H,35,39). The van der Waals surface area contributed by atoms with Crippen molar-refractivity contribution in [1.29, 1.82) is 0 Å². The molecule has 11 heteroatoms. The maximum absolute atomic E-state index is 14.0. The number of quaternary nitrogens is 1. The number of hydrogen-bond donors (Lipinski definition) is 1. The summed E-state index contributed by atoms with van der Waals surface area (Å²) in [5.41, 5.74) is 2.25. The number of carbonyl (C=O) groups is 1. The van der Waals surface area contributed by atoms with E-state index in [2.05, 4.69) is 27.2 Å². The summed E-state index contributed by atoms with van der Waals surface area (Å²) < 4.78 is 43.1. The molecule has 206 valence electrons. The van der Waals surface area contributed by atoms with Gasteiger partial charge in [-0.3, -0.25) is 9.69 Å². The molecule has 40 heavy (non-hydrogen) atoms. The maximum Gasteiger partial charge on any atom is 0.416 e. The van der Waals surface area contributed by atoms with Crippen LogP contribution in [-0.4, -0.2) is 63.3 Å². The van der Waals surface area contributed by atoms with Crippen molar-refractivity contribution < 1.29 is 22.6 Å². The highest BCUT2D eigenvalue weighted by molar-refractivity contribution is 6.04. The van der Waals surface area contributed by atoms with Gasteiger partial charge in [0.05, 0.1) is 31.9 Å². The molecule has 8 nitrogen and oxygen atoms in total. The fourth-order valence-electron chi connectivity index (χ4n) is 4.53. The van der Waals surface area contributed by atoms with E-state index in [0.717, 1.165) is 11.6 Å². The van der Waals surface area contributed by atoms with Gasteiger partial charge < -0.3 is 15.2 Å². The van der Waals surface area contributed by atoms with Crippen molar-refractivity contribution in [3.05, 3.63) is 99.6 Å². The number of halogens is 3. The first-order chi connectivity index (χ1) is 19.0. The zero-order valence-corrected chi connectivity index (χ0v) is 22.0. The van der Waals surface area contributed by atoms with Gasteiger partial charge in [-0.05, 0) is 60.4 Å². The number of benzene rings is 2. The van der Waals surface area contributed by atoms with Crippen molar-refractivity contribution in [2.24, 2.45) is 0 Å². The Kier molecular flexibility index (Phi) is 7.33. The summed E-state index contributed by atoms with van der Waals surface area (Å²) in [5, 5.41) is 18.9. The second kappa shape index (κ2) is 10.7. The third-order valence-corrected chi connectivity index (χ3v) is 6.95. The SMILES string of the molecule is Cc1ccc(C(=O)Nc2ccc(CN3CC[N+](C)([O-])CC3)c(C(F)(F)F)c2)cc1C#Cc1cnc2cccnn12. The molecule has 0 aliphatic carbocycles. The number of rotatable bonds is 4. The molecule has 0 spiro atoms. The molecule has 5 rings (SSSR count). The van der Waals surface area contributed by atoms with Gasteiger partial charge in [-0.2, -0.15) is 18.3 Å². The number of likely N-dealkylation sites (N-methyl/N-ethyl adjacent to an activating group) is 1. The van der Waals surface area contributed by atoms with Crippen LogP contribution in [0, 0.1) is 24.0 Å². The minimum Gasteiger partial charge on any atom is -0.633 e. The lowest BCUT2D eigenvalue weighted by molar-refractivity contribution is -0.865. The third kappa shape index (κ3) is 6.15. The van der Waals surface area contributed by atoms with Gasteiger partial charge in [0.2, 0.25) is 0 Å². The molecule has 0 radical (unpaired) electrons. The average Bonchev–Trinajstić information content (AvgIpc) is 3.32. The van der Waals surface area contributed by atoms with E-state index in [1.54, 1.807) is 54.3 Å². The van der Waals surface area contributed by atoms with Crippen LogP contribution in [0.5, 0.6) is 0 Å². The van der Waals surface area contributed by atoms with Gasteiger partial charge in [0.25, 0.3) is 5.91 Å². The number of hydroxylamine groups is 3. The first-order valence-electron chi connectivity index (χ1n) is 12.7. The van der Waals surface area contributed by atoms with Gasteiger partial charge in [-0.15, -0.1) is 0 Å². The Balaban J connectivity index is 1.34. The van der Waals surface area contributed by atoms with Gasteiger partial charge in [-0.25, -0.2) is 9.50 Å². The van der Waals surface area contributed by atoms with Crippen LogP contribution in [0.4, 0.5) is 18.9 Å². The zero-order valence-electron chi connectivity index (χ0n) is 22.0. The Bertz CT molecular complexity index is 1620. The molecule has 0 unspecified atom stereocenters. The van der Waals surface area contributed by atoms with Crippen LogP contribution in [0.3, 0.4) is 0 Å². The van der Waals surface area contributed by atoms with Crippen LogP contribution < -0.4 is 5.32 Å². The van der Waals surface area contributed by atoms with Gasteiger partial charge >= 0.3 is 6.18 Å². The number of imidazole rings is 1. The quantitative estimate of drug-likeness (QED) is 0.231. The number of fused-ring (bicyclic) bond motifs is 1. The van der Waals surface area contributed by atoms with Crippen LogP contribution in [0.1, 0.15) is 38.3 Å². The van der Waals surface area contributed by atoms with Gasteiger partial charge in [0.1, 0.15) is 5.69 Å². The van der Waals surface area contributed by atoms with Crippen LogP contribution in [0.2, 0.25) is 0 Å². The number of anilines is 1.